The zero-order valence-electron chi connectivity index (χ0n) is 14.9. The molecule has 1 unspecified atom stereocenters. The Morgan fingerprint density at radius 2 is 1.48 bits per heavy atom. The highest BCUT2D eigenvalue weighted by molar-refractivity contribution is 4.82. The summed E-state index contributed by atoms with van der Waals surface area (Å²) in [7, 11) is 0. The summed E-state index contributed by atoms with van der Waals surface area (Å²) in [5, 5.41) is 3.72. The number of rotatable bonds is 12. The molecule has 126 valence electrons. The fourth-order valence-electron chi connectivity index (χ4n) is 3.32. The van der Waals surface area contributed by atoms with Crippen molar-refractivity contribution in [3.8, 4) is 0 Å². The quantitative estimate of drug-likeness (QED) is 0.483. The van der Waals surface area contributed by atoms with E-state index in [2.05, 4.69) is 26.1 Å². The normalized spacial score (nSPS) is 21.6. The van der Waals surface area contributed by atoms with Crippen LogP contribution in [-0.2, 0) is 4.74 Å². The van der Waals surface area contributed by atoms with E-state index in [1.165, 1.54) is 77.2 Å². The summed E-state index contributed by atoms with van der Waals surface area (Å²) in [5.74, 6) is 0. The van der Waals surface area contributed by atoms with Gasteiger partial charge in [0.1, 0.15) is 0 Å². The largest absolute Gasteiger partial charge is 0.375 e. The van der Waals surface area contributed by atoms with Gasteiger partial charge in [-0.15, -0.1) is 0 Å². The number of nitrogens with one attached hydrogen (secondary N) is 1. The molecule has 0 radical (unpaired) electrons. The maximum atomic E-state index is 5.76. The minimum absolute atomic E-state index is 0.0771. The van der Waals surface area contributed by atoms with Gasteiger partial charge in [-0.1, -0.05) is 64.7 Å². The van der Waals surface area contributed by atoms with Crippen LogP contribution in [0.5, 0.6) is 0 Å². The van der Waals surface area contributed by atoms with Crippen molar-refractivity contribution in [1.29, 1.82) is 0 Å². The fraction of sp³-hybridized carbons (Fsp3) is 1.00. The van der Waals surface area contributed by atoms with E-state index in [4.69, 9.17) is 4.74 Å². The summed E-state index contributed by atoms with van der Waals surface area (Å²) in [4.78, 5) is 0. The fourth-order valence-corrected chi connectivity index (χ4v) is 3.32. The molecular formula is C19H39NO. The maximum Gasteiger partial charge on any atom is 0.0641 e. The predicted molar refractivity (Wildman–Crippen MR) is 92.9 cm³/mol. The number of hydrogen-bond donors (Lipinski definition) is 1. The summed E-state index contributed by atoms with van der Waals surface area (Å²) in [6, 6.07) is 0.673. The number of unbranched alkanes of at least 4 members (excludes halogenated alkanes) is 9. The van der Waals surface area contributed by atoms with Gasteiger partial charge in [0.15, 0.2) is 0 Å². The lowest BCUT2D eigenvalue weighted by molar-refractivity contribution is -0.0628. The van der Waals surface area contributed by atoms with Crippen molar-refractivity contribution in [3.63, 3.8) is 0 Å². The molecule has 0 spiro atoms. The van der Waals surface area contributed by atoms with E-state index in [-0.39, 0.29) is 5.60 Å². The molecule has 1 N–H and O–H groups in total. The van der Waals surface area contributed by atoms with Crippen molar-refractivity contribution in [1.82, 2.24) is 5.32 Å². The molecule has 0 aliphatic carbocycles. The van der Waals surface area contributed by atoms with Crippen molar-refractivity contribution in [2.24, 2.45) is 0 Å². The van der Waals surface area contributed by atoms with E-state index < -0.39 is 0 Å². The van der Waals surface area contributed by atoms with E-state index in [1.807, 2.05) is 0 Å². The smallest absolute Gasteiger partial charge is 0.0641 e. The van der Waals surface area contributed by atoms with Gasteiger partial charge in [0, 0.05) is 12.6 Å². The summed E-state index contributed by atoms with van der Waals surface area (Å²) >= 11 is 0. The van der Waals surface area contributed by atoms with Gasteiger partial charge in [-0.25, -0.2) is 0 Å². The highest BCUT2D eigenvalue weighted by atomic mass is 16.5. The Morgan fingerprint density at radius 3 is 2.05 bits per heavy atom. The highest BCUT2D eigenvalue weighted by Crippen LogP contribution is 2.23. The van der Waals surface area contributed by atoms with E-state index in [0.29, 0.717) is 6.04 Å². The van der Waals surface area contributed by atoms with E-state index in [0.717, 1.165) is 13.0 Å². The van der Waals surface area contributed by atoms with E-state index in [9.17, 15) is 0 Å². The van der Waals surface area contributed by atoms with Crippen LogP contribution >= 0.6 is 0 Å². The van der Waals surface area contributed by atoms with Crippen LogP contribution in [0.15, 0.2) is 0 Å². The first-order valence-corrected chi connectivity index (χ1v) is 9.51. The monoisotopic (exact) mass is 297 g/mol. The van der Waals surface area contributed by atoms with Crippen molar-refractivity contribution >= 4 is 0 Å². The molecular weight excluding hydrogens is 258 g/mol. The van der Waals surface area contributed by atoms with Gasteiger partial charge in [-0.05, 0) is 39.7 Å². The van der Waals surface area contributed by atoms with E-state index >= 15 is 0 Å². The molecule has 0 aromatic heterocycles. The van der Waals surface area contributed by atoms with Crippen molar-refractivity contribution < 1.29 is 4.74 Å². The van der Waals surface area contributed by atoms with Crippen LogP contribution in [0.3, 0.4) is 0 Å². The van der Waals surface area contributed by atoms with E-state index in [1.54, 1.807) is 0 Å². The molecule has 1 saturated heterocycles. The second-order valence-corrected chi connectivity index (χ2v) is 7.43. The topological polar surface area (TPSA) is 21.3 Å². The minimum atomic E-state index is 0.0771. The van der Waals surface area contributed by atoms with Crippen LogP contribution in [0.2, 0.25) is 0 Å². The molecule has 1 aliphatic heterocycles. The number of hydrogen-bond acceptors (Lipinski definition) is 2. The molecule has 21 heavy (non-hydrogen) atoms. The molecule has 0 aromatic rings. The molecule has 1 aliphatic rings. The molecule has 2 heteroatoms. The third-order valence-corrected chi connectivity index (χ3v) is 4.66. The Morgan fingerprint density at radius 1 is 0.905 bits per heavy atom. The SMILES string of the molecule is CCCCCCCCCCCCNC1CCOC(C)(C)C1. The lowest BCUT2D eigenvalue weighted by Gasteiger charge is -2.36. The van der Waals surface area contributed by atoms with Crippen molar-refractivity contribution in [2.45, 2.75) is 109 Å². The molecule has 1 rings (SSSR count). The van der Waals surface area contributed by atoms with Crippen LogP contribution < -0.4 is 5.32 Å². The summed E-state index contributed by atoms with van der Waals surface area (Å²) < 4.78 is 5.76. The first kappa shape index (κ1) is 19.0. The third kappa shape index (κ3) is 10.3. The van der Waals surface area contributed by atoms with Crippen molar-refractivity contribution in [3.05, 3.63) is 0 Å². The van der Waals surface area contributed by atoms with Gasteiger partial charge < -0.3 is 10.1 Å². The summed E-state index contributed by atoms with van der Waals surface area (Å²) in [6.07, 6.45) is 16.5. The number of ether oxygens (including phenoxy) is 1. The summed E-state index contributed by atoms with van der Waals surface area (Å²) in [6.45, 7) is 8.82. The van der Waals surface area contributed by atoms with Gasteiger partial charge >= 0.3 is 0 Å². The van der Waals surface area contributed by atoms with Crippen LogP contribution in [0.4, 0.5) is 0 Å². The first-order chi connectivity index (χ1) is 10.1. The maximum absolute atomic E-state index is 5.76. The zero-order chi connectivity index (χ0) is 15.4. The molecule has 0 amide bonds. The van der Waals surface area contributed by atoms with Crippen LogP contribution in [0.25, 0.3) is 0 Å². The van der Waals surface area contributed by atoms with Crippen LogP contribution in [-0.4, -0.2) is 24.8 Å². The van der Waals surface area contributed by atoms with Gasteiger partial charge in [0.25, 0.3) is 0 Å². The van der Waals surface area contributed by atoms with Crippen molar-refractivity contribution in [2.75, 3.05) is 13.2 Å². The summed E-state index contributed by atoms with van der Waals surface area (Å²) in [5.41, 5.74) is 0.0771. The standard InChI is InChI=1S/C19H39NO/c1-4-5-6-7-8-9-10-11-12-13-15-20-18-14-16-21-19(2,3)17-18/h18,20H,4-17H2,1-3H3. The second kappa shape index (κ2) is 11.5. The predicted octanol–water partition coefficient (Wildman–Crippen LogP) is 5.45. The Hall–Kier alpha value is -0.0800. The lowest BCUT2D eigenvalue weighted by atomic mass is 9.94. The Kier molecular flexibility index (Phi) is 10.4. The highest BCUT2D eigenvalue weighted by Gasteiger charge is 2.28. The van der Waals surface area contributed by atoms with Gasteiger partial charge in [-0.3, -0.25) is 0 Å². The molecule has 1 fully saturated rings. The average molecular weight is 298 g/mol. The first-order valence-electron chi connectivity index (χ1n) is 9.51. The van der Waals surface area contributed by atoms with Gasteiger partial charge in [0.2, 0.25) is 0 Å². The molecule has 0 saturated carbocycles. The molecule has 0 bridgehead atoms. The molecule has 0 aromatic carbocycles. The zero-order valence-corrected chi connectivity index (χ0v) is 14.9. The van der Waals surface area contributed by atoms with Crippen LogP contribution in [0, 0.1) is 0 Å². The third-order valence-electron chi connectivity index (χ3n) is 4.66. The Balaban J connectivity index is 1.82. The Labute approximate surface area is 133 Å². The minimum Gasteiger partial charge on any atom is -0.375 e. The lowest BCUT2D eigenvalue weighted by Crippen LogP contribution is -2.43. The van der Waals surface area contributed by atoms with Crippen LogP contribution in [0.1, 0.15) is 97.8 Å². The Bertz CT molecular complexity index is 240. The van der Waals surface area contributed by atoms with Gasteiger partial charge in [-0.2, -0.15) is 0 Å². The molecule has 1 heterocycles. The molecule has 2 nitrogen and oxygen atoms in total. The molecule has 1 atom stereocenters. The second-order valence-electron chi connectivity index (χ2n) is 7.43. The van der Waals surface area contributed by atoms with Gasteiger partial charge in [0.05, 0.1) is 5.60 Å². The average Bonchev–Trinajstić information content (AvgIpc) is 2.44.